The van der Waals surface area contributed by atoms with Crippen molar-refractivity contribution in [2.45, 2.75) is 44.3 Å². The van der Waals surface area contributed by atoms with Crippen LogP contribution < -0.4 is 5.32 Å². The predicted molar refractivity (Wildman–Crippen MR) is 58.1 cm³/mol. The van der Waals surface area contributed by atoms with Gasteiger partial charge in [-0.3, -0.25) is 0 Å². The fourth-order valence-electron chi connectivity index (χ4n) is 2.04. The molecule has 0 aromatic rings. The Labute approximate surface area is 99.3 Å². The van der Waals surface area contributed by atoms with Gasteiger partial charge in [-0.25, -0.2) is 13.6 Å². The van der Waals surface area contributed by atoms with Crippen molar-refractivity contribution in [3.63, 3.8) is 0 Å². The molecule has 0 spiro atoms. The van der Waals surface area contributed by atoms with Crippen molar-refractivity contribution in [1.82, 2.24) is 10.2 Å². The summed E-state index contributed by atoms with van der Waals surface area (Å²) in [7, 11) is 0. The van der Waals surface area contributed by atoms with Gasteiger partial charge < -0.3 is 15.0 Å². The minimum absolute atomic E-state index is 0.00787. The zero-order chi connectivity index (χ0) is 12.3. The highest BCUT2D eigenvalue weighted by Crippen LogP contribution is 2.27. The van der Waals surface area contributed by atoms with Crippen LogP contribution in [0.1, 0.15) is 25.7 Å². The van der Waals surface area contributed by atoms with Gasteiger partial charge in [-0.05, 0) is 25.7 Å². The Morgan fingerprint density at radius 2 is 2.18 bits per heavy atom. The third kappa shape index (κ3) is 3.80. The van der Waals surface area contributed by atoms with Crippen LogP contribution in [0.2, 0.25) is 0 Å². The van der Waals surface area contributed by atoms with E-state index in [0.717, 1.165) is 32.3 Å². The van der Waals surface area contributed by atoms with Crippen molar-refractivity contribution in [2.24, 2.45) is 0 Å². The zero-order valence-corrected chi connectivity index (χ0v) is 9.70. The quantitative estimate of drug-likeness (QED) is 0.803. The standard InChI is InChI=1S/C11H18F2N2O2/c12-10(13)7-15(8-3-4-8)11(16)14-6-9-2-1-5-17-9/h8-10H,1-7H2,(H,14,16). The maximum atomic E-state index is 12.3. The van der Waals surface area contributed by atoms with E-state index in [1.165, 1.54) is 4.90 Å². The third-order valence-electron chi connectivity index (χ3n) is 3.09. The van der Waals surface area contributed by atoms with Crippen molar-refractivity contribution in [2.75, 3.05) is 19.7 Å². The van der Waals surface area contributed by atoms with Crippen molar-refractivity contribution < 1.29 is 18.3 Å². The van der Waals surface area contributed by atoms with Gasteiger partial charge in [-0.2, -0.15) is 0 Å². The molecule has 0 radical (unpaired) electrons. The van der Waals surface area contributed by atoms with Crippen molar-refractivity contribution in [3.8, 4) is 0 Å². The summed E-state index contributed by atoms with van der Waals surface area (Å²) in [6.45, 7) is 0.678. The number of rotatable bonds is 5. The molecule has 1 aliphatic carbocycles. The normalized spacial score (nSPS) is 24.1. The molecule has 0 aromatic carbocycles. The Kier molecular flexibility index (Phi) is 4.15. The summed E-state index contributed by atoms with van der Waals surface area (Å²) in [5.74, 6) is 0. The monoisotopic (exact) mass is 248 g/mol. The number of halogens is 2. The molecule has 2 amide bonds. The fourth-order valence-corrected chi connectivity index (χ4v) is 2.04. The minimum Gasteiger partial charge on any atom is -0.376 e. The minimum atomic E-state index is -2.47. The summed E-state index contributed by atoms with van der Waals surface area (Å²) in [4.78, 5) is 13.0. The second-order valence-corrected chi connectivity index (χ2v) is 4.60. The van der Waals surface area contributed by atoms with E-state index < -0.39 is 13.0 Å². The first-order valence-electron chi connectivity index (χ1n) is 6.11. The molecule has 2 rings (SSSR count). The number of nitrogens with one attached hydrogen (secondary N) is 1. The van der Waals surface area contributed by atoms with E-state index in [1.807, 2.05) is 0 Å². The average Bonchev–Trinajstić information content (AvgIpc) is 2.99. The van der Waals surface area contributed by atoms with Crippen LogP contribution in [-0.4, -0.2) is 49.2 Å². The van der Waals surface area contributed by atoms with Crippen molar-refractivity contribution >= 4 is 6.03 Å². The predicted octanol–water partition coefficient (Wildman–Crippen LogP) is 1.60. The van der Waals surface area contributed by atoms with Gasteiger partial charge in [0.05, 0.1) is 12.6 Å². The van der Waals surface area contributed by atoms with Gasteiger partial charge in [-0.1, -0.05) is 0 Å². The molecule has 1 heterocycles. The van der Waals surface area contributed by atoms with Gasteiger partial charge in [0.25, 0.3) is 6.43 Å². The van der Waals surface area contributed by atoms with Crippen LogP contribution in [0.4, 0.5) is 13.6 Å². The number of nitrogens with zero attached hydrogens (tertiary/aromatic N) is 1. The summed E-state index contributed by atoms with van der Waals surface area (Å²) in [6.07, 6.45) is 1.18. The lowest BCUT2D eigenvalue weighted by atomic mass is 10.2. The van der Waals surface area contributed by atoms with E-state index in [2.05, 4.69) is 5.32 Å². The molecule has 1 atom stereocenters. The Bertz CT molecular complexity index is 266. The lowest BCUT2D eigenvalue weighted by Crippen LogP contribution is -2.45. The summed E-state index contributed by atoms with van der Waals surface area (Å²) in [5, 5.41) is 2.68. The van der Waals surface area contributed by atoms with Crippen molar-refractivity contribution in [3.05, 3.63) is 0 Å². The van der Waals surface area contributed by atoms with E-state index in [0.29, 0.717) is 6.54 Å². The van der Waals surface area contributed by atoms with Crippen LogP contribution in [0.5, 0.6) is 0 Å². The first-order valence-corrected chi connectivity index (χ1v) is 6.11. The van der Waals surface area contributed by atoms with Gasteiger partial charge >= 0.3 is 6.03 Å². The molecule has 98 valence electrons. The Hall–Kier alpha value is -0.910. The molecule has 2 aliphatic rings. The van der Waals surface area contributed by atoms with Gasteiger partial charge in [0.15, 0.2) is 0 Å². The maximum absolute atomic E-state index is 12.3. The molecule has 4 nitrogen and oxygen atoms in total. The number of carbonyl (C=O) groups is 1. The second-order valence-electron chi connectivity index (χ2n) is 4.60. The summed E-state index contributed by atoms with van der Waals surface area (Å²) in [5.41, 5.74) is 0. The van der Waals surface area contributed by atoms with Crippen LogP contribution in [0.3, 0.4) is 0 Å². The van der Waals surface area contributed by atoms with Gasteiger partial charge in [0.2, 0.25) is 0 Å². The van der Waals surface area contributed by atoms with E-state index in [1.54, 1.807) is 0 Å². The van der Waals surface area contributed by atoms with Crippen LogP contribution in [0.15, 0.2) is 0 Å². The molecule has 2 fully saturated rings. The largest absolute Gasteiger partial charge is 0.376 e. The molecule has 6 heteroatoms. The molecule has 17 heavy (non-hydrogen) atoms. The number of carbonyl (C=O) groups excluding carboxylic acids is 1. The first kappa shape index (κ1) is 12.5. The molecule has 1 saturated carbocycles. The molecular weight excluding hydrogens is 230 g/mol. The number of amides is 2. The number of hydrogen-bond acceptors (Lipinski definition) is 2. The number of ether oxygens (including phenoxy) is 1. The van der Waals surface area contributed by atoms with Gasteiger partial charge in [-0.15, -0.1) is 0 Å². The smallest absolute Gasteiger partial charge is 0.317 e. The Balaban J connectivity index is 1.75. The summed E-state index contributed by atoms with van der Waals surface area (Å²) < 4.78 is 30.0. The summed E-state index contributed by atoms with van der Waals surface area (Å²) in [6, 6.07) is -0.378. The lowest BCUT2D eigenvalue weighted by molar-refractivity contribution is 0.0888. The Morgan fingerprint density at radius 3 is 2.71 bits per heavy atom. The van der Waals surface area contributed by atoms with Crippen molar-refractivity contribution in [1.29, 1.82) is 0 Å². The molecule has 1 unspecified atom stereocenters. The average molecular weight is 248 g/mol. The highest BCUT2D eigenvalue weighted by molar-refractivity contribution is 5.75. The van der Waals surface area contributed by atoms with Crippen LogP contribution in [0.25, 0.3) is 0 Å². The number of hydrogen-bond donors (Lipinski definition) is 1. The highest BCUT2D eigenvalue weighted by Gasteiger charge is 2.34. The maximum Gasteiger partial charge on any atom is 0.317 e. The molecule has 1 saturated heterocycles. The van der Waals surface area contributed by atoms with Crippen LogP contribution in [-0.2, 0) is 4.74 Å². The molecule has 0 bridgehead atoms. The molecule has 0 aromatic heterocycles. The van der Waals surface area contributed by atoms with Gasteiger partial charge in [0.1, 0.15) is 0 Å². The molecular formula is C11H18F2N2O2. The topological polar surface area (TPSA) is 41.6 Å². The van der Waals surface area contributed by atoms with Crippen LogP contribution in [0, 0.1) is 0 Å². The first-order chi connectivity index (χ1) is 8.16. The Morgan fingerprint density at radius 1 is 1.41 bits per heavy atom. The SMILES string of the molecule is O=C(NCC1CCCO1)N(CC(F)F)C1CC1. The van der Waals surface area contributed by atoms with E-state index >= 15 is 0 Å². The van der Waals surface area contributed by atoms with E-state index in [4.69, 9.17) is 4.74 Å². The fraction of sp³-hybridized carbons (Fsp3) is 0.909. The second kappa shape index (κ2) is 5.62. The van der Waals surface area contributed by atoms with E-state index in [-0.39, 0.29) is 18.2 Å². The summed E-state index contributed by atoms with van der Waals surface area (Å²) >= 11 is 0. The third-order valence-corrected chi connectivity index (χ3v) is 3.09. The number of alkyl halides is 2. The number of urea groups is 1. The zero-order valence-electron chi connectivity index (χ0n) is 9.70. The molecule has 1 N–H and O–H groups in total. The van der Waals surface area contributed by atoms with Gasteiger partial charge in [0, 0.05) is 19.2 Å². The highest BCUT2D eigenvalue weighted by atomic mass is 19.3. The molecule has 1 aliphatic heterocycles. The van der Waals surface area contributed by atoms with E-state index in [9.17, 15) is 13.6 Å². The van der Waals surface area contributed by atoms with Crippen LogP contribution >= 0.6 is 0 Å². The lowest BCUT2D eigenvalue weighted by Gasteiger charge is -2.23.